The molecule has 5 nitrogen and oxygen atoms in total. The quantitative estimate of drug-likeness (QED) is 0.818. The third-order valence-corrected chi connectivity index (χ3v) is 4.92. The molecule has 2 aliphatic rings. The zero-order valence-corrected chi connectivity index (χ0v) is 13.2. The predicted molar refractivity (Wildman–Crippen MR) is 84.4 cm³/mol. The Morgan fingerprint density at radius 3 is 2.81 bits per heavy atom. The molecule has 110 valence electrons. The highest BCUT2D eigenvalue weighted by Crippen LogP contribution is 2.43. The molecule has 2 amide bonds. The van der Waals surface area contributed by atoms with E-state index in [2.05, 4.69) is 31.8 Å². The average molecular weight is 350 g/mol. The number of hydrazone groups is 1. The number of rotatable bonds is 4. The van der Waals surface area contributed by atoms with Gasteiger partial charge in [-0.25, -0.2) is 5.43 Å². The Labute approximate surface area is 131 Å². The first-order valence-electron chi connectivity index (χ1n) is 7.03. The smallest absolute Gasteiger partial charge is 0.243 e. The first-order valence-corrected chi connectivity index (χ1v) is 7.94. The normalized spacial score (nSPS) is 24.5. The molecule has 1 aromatic rings. The number of benzene rings is 1. The molecular formula is C15H16BrN3O2. The summed E-state index contributed by atoms with van der Waals surface area (Å²) in [6.45, 7) is 1.95. The van der Waals surface area contributed by atoms with Crippen molar-refractivity contribution in [2.45, 2.75) is 24.6 Å². The van der Waals surface area contributed by atoms with Gasteiger partial charge in [-0.1, -0.05) is 35.0 Å². The molecule has 1 saturated carbocycles. The van der Waals surface area contributed by atoms with Gasteiger partial charge in [0.2, 0.25) is 11.8 Å². The Balaban J connectivity index is 1.70. The van der Waals surface area contributed by atoms with E-state index in [1.165, 1.54) is 0 Å². The van der Waals surface area contributed by atoms with Crippen molar-refractivity contribution in [1.82, 2.24) is 5.43 Å². The van der Waals surface area contributed by atoms with E-state index in [4.69, 9.17) is 0 Å². The molecule has 1 aliphatic carbocycles. The molecule has 21 heavy (non-hydrogen) atoms. The van der Waals surface area contributed by atoms with Gasteiger partial charge in [0.05, 0.1) is 10.5 Å². The summed E-state index contributed by atoms with van der Waals surface area (Å²) in [6, 6.07) is 7.57. The summed E-state index contributed by atoms with van der Waals surface area (Å²) in [5, 5.41) is 7.01. The lowest BCUT2D eigenvalue weighted by Gasteiger charge is -2.13. The summed E-state index contributed by atoms with van der Waals surface area (Å²) in [4.78, 5) is 23.0. The standard InChI is InChI=1S/C15H16BrN3O2/c1-2-12(16)15(21)17-9-5-3-8(4-6-9)13-10-7-11(10)14(20)19-18-13/h3-6,10-12H,2,7H2,1H3,(H,17,21)(H,19,20). The van der Waals surface area contributed by atoms with E-state index in [0.29, 0.717) is 0 Å². The minimum absolute atomic E-state index is 0.0237. The van der Waals surface area contributed by atoms with Crippen molar-refractivity contribution in [2.75, 3.05) is 5.32 Å². The van der Waals surface area contributed by atoms with Crippen LogP contribution in [0.25, 0.3) is 0 Å². The Bertz CT molecular complexity index is 612. The van der Waals surface area contributed by atoms with E-state index < -0.39 is 0 Å². The Kier molecular flexibility index (Phi) is 3.80. The minimum atomic E-state index is -0.178. The highest BCUT2D eigenvalue weighted by Gasteiger charge is 2.49. The number of fused-ring (bicyclic) bond motifs is 1. The first-order chi connectivity index (χ1) is 10.1. The SMILES string of the molecule is CCC(Br)C(=O)Nc1ccc(C2=NNC(=O)C3CC23)cc1. The molecule has 0 spiro atoms. The summed E-state index contributed by atoms with van der Waals surface area (Å²) < 4.78 is 0. The van der Waals surface area contributed by atoms with Crippen molar-refractivity contribution >= 4 is 39.1 Å². The highest BCUT2D eigenvalue weighted by molar-refractivity contribution is 9.10. The van der Waals surface area contributed by atoms with E-state index in [0.717, 1.165) is 29.8 Å². The second-order valence-corrected chi connectivity index (χ2v) is 6.47. The number of carbonyl (C=O) groups excluding carboxylic acids is 2. The van der Waals surface area contributed by atoms with Crippen molar-refractivity contribution in [1.29, 1.82) is 0 Å². The molecule has 1 aliphatic heterocycles. The van der Waals surface area contributed by atoms with Crippen LogP contribution < -0.4 is 10.7 Å². The second kappa shape index (κ2) is 5.60. The van der Waals surface area contributed by atoms with E-state index in [9.17, 15) is 9.59 Å². The van der Waals surface area contributed by atoms with Crippen molar-refractivity contribution in [3.05, 3.63) is 29.8 Å². The molecule has 0 saturated heterocycles. The number of nitrogens with zero attached hydrogens (tertiary/aromatic N) is 1. The molecule has 6 heteroatoms. The molecule has 3 rings (SSSR count). The van der Waals surface area contributed by atoms with Gasteiger partial charge in [0.1, 0.15) is 0 Å². The van der Waals surface area contributed by atoms with Gasteiger partial charge in [0.15, 0.2) is 0 Å². The maximum atomic E-state index is 11.8. The lowest BCUT2D eigenvalue weighted by molar-refractivity contribution is -0.122. The van der Waals surface area contributed by atoms with Gasteiger partial charge >= 0.3 is 0 Å². The maximum Gasteiger partial charge on any atom is 0.243 e. The summed E-state index contributed by atoms with van der Waals surface area (Å²) >= 11 is 3.32. The molecule has 0 aromatic heterocycles. The lowest BCUT2D eigenvalue weighted by atomic mass is 10.0. The molecule has 3 unspecified atom stereocenters. The third kappa shape index (κ3) is 2.85. The van der Waals surface area contributed by atoms with Gasteiger partial charge in [-0.05, 0) is 30.5 Å². The molecule has 1 aromatic carbocycles. The molecule has 2 N–H and O–H groups in total. The van der Waals surface area contributed by atoms with Crippen LogP contribution in [0.1, 0.15) is 25.3 Å². The first kappa shape index (κ1) is 14.3. The summed E-state index contributed by atoms with van der Waals surface area (Å²) in [6.07, 6.45) is 1.62. The van der Waals surface area contributed by atoms with Gasteiger partial charge in [-0.2, -0.15) is 5.10 Å². The van der Waals surface area contributed by atoms with Crippen LogP contribution in [0, 0.1) is 11.8 Å². The lowest BCUT2D eigenvalue weighted by Crippen LogP contribution is -2.28. The molecule has 0 radical (unpaired) electrons. The van der Waals surface area contributed by atoms with E-state index in [1.807, 2.05) is 31.2 Å². The minimum Gasteiger partial charge on any atom is -0.325 e. The number of halogens is 1. The number of nitrogens with one attached hydrogen (secondary N) is 2. The number of hydrogen-bond acceptors (Lipinski definition) is 3. The largest absolute Gasteiger partial charge is 0.325 e. The van der Waals surface area contributed by atoms with Crippen LogP contribution in [0.5, 0.6) is 0 Å². The fourth-order valence-electron chi connectivity index (χ4n) is 2.48. The molecule has 0 bridgehead atoms. The van der Waals surface area contributed by atoms with Crippen LogP contribution in [-0.4, -0.2) is 22.4 Å². The average Bonchev–Trinajstić information content (AvgIpc) is 3.29. The fraction of sp³-hybridized carbons (Fsp3) is 0.400. The van der Waals surface area contributed by atoms with Crippen LogP contribution in [0.4, 0.5) is 5.69 Å². The van der Waals surface area contributed by atoms with Gasteiger partial charge in [-0.3, -0.25) is 9.59 Å². The molecule has 1 heterocycles. The Morgan fingerprint density at radius 1 is 1.43 bits per heavy atom. The predicted octanol–water partition coefficient (Wildman–Crippen LogP) is 2.27. The van der Waals surface area contributed by atoms with Gasteiger partial charge in [0, 0.05) is 17.5 Å². The number of anilines is 1. The fourth-order valence-corrected chi connectivity index (χ4v) is 2.59. The third-order valence-electron chi connectivity index (χ3n) is 3.86. The van der Waals surface area contributed by atoms with Crippen molar-refractivity contribution in [3.63, 3.8) is 0 Å². The van der Waals surface area contributed by atoms with Crippen molar-refractivity contribution in [3.8, 4) is 0 Å². The van der Waals surface area contributed by atoms with Crippen LogP contribution >= 0.6 is 15.9 Å². The van der Waals surface area contributed by atoms with E-state index in [-0.39, 0.29) is 28.5 Å². The Morgan fingerprint density at radius 2 is 2.14 bits per heavy atom. The van der Waals surface area contributed by atoms with Gasteiger partial charge in [-0.15, -0.1) is 0 Å². The van der Waals surface area contributed by atoms with Crippen molar-refractivity contribution in [2.24, 2.45) is 16.9 Å². The zero-order valence-electron chi connectivity index (χ0n) is 11.6. The summed E-state index contributed by atoms with van der Waals surface area (Å²) in [5.74, 6) is 0.326. The number of carbonyl (C=O) groups is 2. The number of alkyl halides is 1. The summed E-state index contributed by atoms with van der Waals surface area (Å²) in [7, 11) is 0. The number of amides is 2. The van der Waals surface area contributed by atoms with Crippen LogP contribution in [0.2, 0.25) is 0 Å². The molecular weight excluding hydrogens is 334 g/mol. The van der Waals surface area contributed by atoms with Crippen LogP contribution in [0.15, 0.2) is 29.4 Å². The van der Waals surface area contributed by atoms with Crippen molar-refractivity contribution < 1.29 is 9.59 Å². The van der Waals surface area contributed by atoms with Crippen LogP contribution in [-0.2, 0) is 9.59 Å². The van der Waals surface area contributed by atoms with Gasteiger partial charge in [0.25, 0.3) is 0 Å². The maximum absolute atomic E-state index is 11.8. The number of hydrogen-bond donors (Lipinski definition) is 2. The van der Waals surface area contributed by atoms with E-state index >= 15 is 0 Å². The topological polar surface area (TPSA) is 70.6 Å². The Hall–Kier alpha value is -1.69. The second-order valence-electron chi connectivity index (χ2n) is 5.36. The highest BCUT2D eigenvalue weighted by atomic mass is 79.9. The molecule has 1 fully saturated rings. The van der Waals surface area contributed by atoms with Crippen LogP contribution in [0.3, 0.4) is 0 Å². The monoisotopic (exact) mass is 349 g/mol. The summed E-state index contributed by atoms with van der Waals surface area (Å²) in [5.41, 5.74) is 5.25. The zero-order chi connectivity index (χ0) is 15.0. The van der Waals surface area contributed by atoms with E-state index in [1.54, 1.807) is 0 Å². The molecule has 3 atom stereocenters. The van der Waals surface area contributed by atoms with Gasteiger partial charge < -0.3 is 5.32 Å².